The molecule has 0 fully saturated rings. The monoisotopic (exact) mass is 225 g/mol. The third-order valence-electron chi connectivity index (χ3n) is 1.96. The molecule has 0 spiro atoms. The molecule has 0 bridgehead atoms. The quantitative estimate of drug-likeness (QED) is 0.688. The van der Waals surface area contributed by atoms with Crippen LogP contribution in [-0.2, 0) is 6.42 Å². The number of aryl methyl sites for hydroxylation is 1. The van der Waals surface area contributed by atoms with E-state index in [0.717, 1.165) is 6.42 Å². The predicted molar refractivity (Wildman–Crippen MR) is 56.6 cm³/mol. The largest absolute Gasteiger partial charge is 0.0891 e. The van der Waals surface area contributed by atoms with Gasteiger partial charge in [-0.25, -0.2) is 0 Å². The summed E-state index contributed by atoms with van der Waals surface area (Å²) in [5.74, 6) is 0. The Labute approximate surface area is 83.1 Å². The molecule has 0 nitrogen and oxygen atoms in total. The van der Waals surface area contributed by atoms with Gasteiger partial charge < -0.3 is 0 Å². The Morgan fingerprint density at radius 3 is 3.00 bits per heavy atom. The zero-order valence-corrected chi connectivity index (χ0v) is 8.97. The Kier molecular flexibility index (Phi) is 4.37. The minimum atomic E-state index is 0.665. The summed E-state index contributed by atoms with van der Waals surface area (Å²) in [5.41, 5.74) is 1.38. The molecule has 1 unspecified atom stereocenters. The second-order valence-electron chi connectivity index (χ2n) is 2.96. The molecule has 1 rings (SSSR count). The molecule has 0 heterocycles. The van der Waals surface area contributed by atoms with Crippen molar-refractivity contribution in [1.29, 1.82) is 0 Å². The Balaban J connectivity index is 2.33. The fourth-order valence-corrected chi connectivity index (χ4v) is 1.34. The molecule has 0 N–H and O–H groups in total. The molecule has 1 heteroatoms. The van der Waals surface area contributed by atoms with Gasteiger partial charge in [-0.15, -0.1) is 0 Å². The van der Waals surface area contributed by atoms with E-state index in [9.17, 15) is 0 Å². The first kappa shape index (κ1) is 9.79. The fraction of sp³-hybridized carbons (Fsp3) is 0.455. The third-order valence-corrected chi connectivity index (χ3v) is 3.07. The van der Waals surface area contributed by atoms with Crippen LogP contribution in [0.3, 0.4) is 0 Å². The molecule has 1 radical (unpaired) electrons. The van der Waals surface area contributed by atoms with Gasteiger partial charge in [-0.3, -0.25) is 0 Å². The summed E-state index contributed by atoms with van der Waals surface area (Å²) >= 11 is 3.62. The minimum absolute atomic E-state index is 0.665. The van der Waals surface area contributed by atoms with Gasteiger partial charge in [-0.1, -0.05) is 47.1 Å². The molecule has 1 aromatic rings. The average Bonchev–Trinajstić information content (AvgIpc) is 2.16. The highest BCUT2D eigenvalue weighted by Crippen LogP contribution is 2.13. The highest BCUT2D eigenvalue weighted by atomic mass is 79.9. The van der Waals surface area contributed by atoms with Crippen molar-refractivity contribution in [2.45, 2.75) is 31.0 Å². The Bertz CT molecular complexity index is 206. The zero-order valence-electron chi connectivity index (χ0n) is 7.39. The first-order valence-corrected chi connectivity index (χ1v) is 5.33. The van der Waals surface area contributed by atoms with Gasteiger partial charge in [0.05, 0.1) is 0 Å². The van der Waals surface area contributed by atoms with Crippen LogP contribution in [0.2, 0.25) is 0 Å². The standard InChI is InChI=1S/C11H14Br/c1-2-11(12)9-8-10-6-4-3-5-7-10/h3-4,6-7,11H,2,8-9H2,1H3. The second-order valence-corrected chi connectivity index (χ2v) is 4.25. The smallest absolute Gasteiger partial charge is 0.0146 e. The lowest BCUT2D eigenvalue weighted by molar-refractivity contribution is 0.746. The zero-order chi connectivity index (χ0) is 8.81. The minimum Gasteiger partial charge on any atom is -0.0891 e. The van der Waals surface area contributed by atoms with Crippen molar-refractivity contribution in [3.05, 3.63) is 35.9 Å². The van der Waals surface area contributed by atoms with Gasteiger partial charge >= 0.3 is 0 Å². The summed E-state index contributed by atoms with van der Waals surface area (Å²) in [5, 5.41) is 0. The molecular formula is C11H14Br. The first-order chi connectivity index (χ1) is 5.83. The number of alkyl halides is 1. The third kappa shape index (κ3) is 3.40. The summed E-state index contributed by atoms with van der Waals surface area (Å²) in [4.78, 5) is 0.665. The summed E-state index contributed by atoms with van der Waals surface area (Å²) < 4.78 is 0. The van der Waals surface area contributed by atoms with Gasteiger partial charge in [-0.2, -0.15) is 0 Å². The number of hydrogen-bond donors (Lipinski definition) is 0. The van der Waals surface area contributed by atoms with Crippen molar-refractivity contribution in [2.75, 3.05) is 0 Å². The molecule has 0 aromatic heterocycles. The predicted octanol–water partition coefficient (Wildman–Crippen LogP) is 3.59. The molecule has 0 aliphatic heterocycles. The van der Waals surface area contributed by atoms with E-state index in [2.05, 4.69) is 41.1 Å². The van der Waals surface area contributed by atoms with Crippen LogP contribution in [0, 0.1) is 6.07 Å². The lowest BCUT2D eigenvalue weighted by Gasteiger charge is -2.05. The van der Waals surface area contributed by atoms with Crippen LogP contribution < -0.4 is 0 Å². The second kappa shape index (κ2) is 5.36. The molecule has 0 saturated carbocycles. The van der Waals surface area contributed by atoms with Gasteiger partial charge in [0.25, 0.3) is 0 Å². The van der Waals surface area contributed by atoms with Crippen LogP contribution in [0.1, 0.15) is 25.3 Å². The van der Waals surface area contributed by atoms with Crippen molar-refractivity contribution in [3.8, 4) is 0 Å². The number of hydrogen-bond acceptors (Lipinski definition) is 0. The summed E-state index contributed by atoms with van der Waals surface area (Å²) in [6, 6.07) is 11.3. The normalized spacial score (nSPS) is 12.8. The van der Waals surface area contributed by atoms with Gasteiger partial charge in [0, 0.05) is 4.83 Å². The lowest BCUT2D eigenvalue weighted by atomic mass is 10.1. The van der Waals surface area contributed by atoms with Crippen LogP contribution in [0.15, 0.2) is 24.3 Å². The summed E-state index contributed by atoms with van der Waals surface area (Å²) in [7, 11) is 0. The van der Waals surface area contributed by atoms with Crippen LogP contribution in [0.25, 0.3) is 0 Å². The number of rotatable bonds is 4. The molecule has 0 amide bonds. The number of benzene rings is 1. The van der Waals surface area contributed by atoms with E-state index >= 15 is 0 Å². The Morgan fingerprint density at radius 2 is 2.42 bits per heavy atom. The van der Waals surface area contributed by atoms with Crippen LogP contribution >= 0.6 is 15.9 Å². The van der Waals surface area contributed by atoms with Crippen molar-refractivity contribution in [1.82, 2.24) is 0 Å². The van der Waals surface area contributed by atoms with E-state index in [-0.39, 0.29) is 0 Å². The molecular weight excluding hydrogens is 212 g/mol. The molecule has 12 heavy (non-hydrogen) atoms. The molecule has 0 aliphatic carbocycles. The van der Waals surface area contributed by atoms with Crippen molar-refractivity contribution >= 4 is 15.9 Å². The summed E-state index contributed by atoms with van der Waals surface area (Å²) in [6.45, 7) is 2.20. The molecule has 0 aliphatic rings. The van der Waals surface area contributed by atoms with Crippen molar-refractivity contribution < 1.29 is 0 Å². The maximum absolute atomic E-state index is 3.62. The fourth-order valence-electron chi connectivity index (χ4n) is 1.11. The van der Waals surface area contributed by atoms with Gasteiger partial charge in [-0.05, 0) is 30.9 Å². The van der Waals surface area contributed by atoms with E-state index < -0.39 is 0 Å². The van der Waals surface area contributed by atoms with E-state index in [4.69, 9.17) is 0 Å². The average molecular weight is 226 g/mol. The molecule has 1 aromatic carbocycles. The van der Waals surface area contributed by atoms with Crippen LogP contribution in [0.5, 0.6) is 0 Å². The maximum Gasteiger partial charge on any atom is 0.0146 e. The SMILES string of the molecule is CCC(Br)CCc1c[c]ccc1. The van der Waals surface area contributed by atoms with Gasteiger partial charge in [0.1, 0.15) is 0 Å². The molecule has 1 atom stereocenters. The molecule has 65 valence electrons. The van der Waals surface area contributed by atoms with Crippen molar-refractivity contribution in [2.24, 2.45) is 0 Å². The topological polar surface area (TPSA) is 0 Å². The van der Waals surface area contributed by atoms with E-state index in [0.29, 0.717) is 4.83 Å². The number of halogens is 1. The Morgan fingerprint density at radius 1 is 1.58 bits per heavy atom. The van der Waals surface area contributed by atoms with Gasteiger partial charge in [0.15, 0.2) is 0 Å². The highest BCUT2D eigenvalue weighted by molar-refractivity contribution is 9.09. The van der Waals surface area contributed by atoms with E-state index in [1.54, 1.807) is 0 Å². The van der Waals surface area contributed by atoms with Crippen LogP contribution in [0.4, 0.5) is 0 Å². The summed E-state index contributed by atoms with van der Waals surface area (Å²) in [6.07, 6.45) is 3.58. The first-order valence-electron chi connectivity index (χ1n) is 4.42. The van der Waals surface area contributed by atoms with E-state index in [1.165, 1.54) is 18.4 Å². The van der Waals surface area contributed by atoms with Gasteiger partial charge in [0.2, 0.25) is 0 Å². The lowest BCUT2D eigenvalue weighted by Crippen LogP contribution is -1.97. The van der Waals surface area contributed by atoms with E-state index in [1.807, 2.05) is 12.1 Å². The van der Waals surface area contributed by atoms with Crippen molar-refractivity contribution in [3.63, 3.8) is 0 Å². The van der Waals surface area contributed by atoms with Crippen LogP contribution in [-0.4, -0.2) is 4.83 Å². The highest BCUT2D eigenvalue weighted by Gasteiger charge is 2.00. The Hall–Kier alpha value is -0.300. The maximum atomic E-state index is 3.62. The molecule has 0 saturated heterocycles.